The number of amides is 1. The van der Waals surface area contributed by atoms with E-state index in [0.717, 1.165) is 23.4 Å². The van der Waals surface area contributed by atoms with Crippen LogP contribution >= 0.6 is 11.6 Å². The first-order chi connectivity index (χ1) is 15.7. The third-order valence-corrected chi connectivity index (χ3v) is 6.80. The molecule has 0 spiro atoms. The molecule has 9 nitrogen and oxygen atoms in total. The summed E-state index contributed by atoms with van der Waals surface area (Å²) in [5, 5.41) is 0.419. The SMILES string of the molecule is COc1ncc(N2CCOc3ccc(O[C@H]4CCN(C(=O)CCS(C)(=O)=O)C4)cc32)cc1Cl. The molecule has 0 bridgehead atoms. The van der Waals surface area contributed by atoms with Gasteiger partial charge >= 0.3 is 0 Å². The largest absolute Gasteiger partial charge is 0.490 e. The van der Waals surface area contributed by atoms with Gasteiger partial charge in [-0.2, -0.15) is 0 Å². The second kappa shape index (κ2) is 9.64. The highest BCUT2D eigenvalue weighted by Gasteiger charge is 2.29. The van der Waals surface area contributed by atoms with Crippen molar-refractivity contribution < 1.29 is 27.4 Å². The summed E-state index contributed by atoms with van der Waals surface area (Å²) in [4.78, 5) is 20.3. The monoisotopic (exact) mass is 495 g/mol. The van der Waals surface area contributed by atoms with Gasteiger partial charge in [0, 0.05) is 31.7 Å². The van der Waals surface area contributed by atoms with Crippen LogP contribution < -0.4 is 19.1 Å². The number of methoxy groups -OCH3 is 1. The summed E-state index contributed by atoms with van der Waals surface area (Å²) in [7, 11) is -1.65. The zero-order valence-corrected chi connectivity index (χ0v) is 20.1. The minimum atomic E-state index is -3.17. The predicted molar refractivity (Wildman–Crippen MR) is 125 cm³/mol. The highest BCUT2D eigenvalue weighted by Crippen LogP contribution is 2.40. The smallest absolute Gasteiger partial charge is 0.232 e. The number of pyridine rings is 1. The van der Waals surface area contributed by atoms with Crippen LogP contribution in [0, 0.1) is 0 Å². The van der Waals surface area contributed by atoms with Gasteiger partial charge in [-0.05, 0) is 18.2 Å². The predicted octanol–water partition coefficient (Wildman–Crippen LogP) is 2.69. The van der Waals surface area contributed by atoms with E-state index in [1.165, 1.54) is 7.11 Å². The minimum Gasteiger partial charge on any atom is -0.490 e. The van der Waals surface area contributed by atoms with Crippen molar-refractivity contribution in [3.63, 3.8) is 0 Å². The van der Waals surface area contributed by atoms with Gasteiger partial charge in [-0.15, -0.1) is 0 Å². The Hall–Kier alpha value is -2.72. The molecule has 0 radical (unpaired) electrons. The van der Waals surface area contributed by atoms with Crippen LogP contribution in [0.25, 0.3) is 0 Å². The van der Waals surface area contributed by atoms with Crippen LogP contribution in [-0.4, -0.2) is 75.7 Å². The fourth-order valence-corrected chi connectivity index (χ4v) is 4.71. The Balaban J connectivity index is 1.45. The second-order valence-corrected chi connectivity index (χ2v) is 10.7. The molecular weight excluding hydrogens is 470 g/mol. The lowest BCUT2D eigenvalue weighted by atomic mass is 10.2. The van der Waals surface area contributed by atoms with Crippen LogP contribution in [-0.2, 0) is 14.6 Å². The highest BCUT2D eigenvalue weighted by molar-refractivity contribution is 7.90. The number of halogens is 1. The van der Waals surface area contributed by atoms with E-state index in [1.54, 1.807) is 17.2 Å². The topological polar surface area (TPSA) is 98.3 Å². The maximum absolute atomic E-state index is 12.3. The summed E-state index contributed by atoms with van der Waals surface area (Å²) < 4.78 is 39.8. The van der Waals surface area contributed by atoms with Crippen LogP contribution in [0.15, 0.2) is 30.5 Å². The normalized spacial score (nSPS) is 18.0. The van der Waals surface area contributed by atoms with Crippen LogP contribution in [0.5, 0.6) is 17.4 Å². The summed E-state index contributed by atoms with van der Waals surface area (Å²) in [6.45, 7) is 2.11. The molecule has 1 atom stereocenters. The van der Waals surface area contributed by atoms with Gasteiger partial charge in [0.1, 0.15) is 39.1 Å². The fraction of sp³-hybridized carbons (Fsp3) is 0.455. The maximum atomic E-state index is 12.3. The van der Waals surface area contributed by atoms with Crippen molar-refractivity contribution in [3.8, 4) is 17.4 Å². The van der Waals surface area contributed by atoms with Gasteiger partial charge in [0.25, 0.3) is 0 Å². The fourth-order valence-electron chi connectivity index (χ4n) is 3.93. The van der Waals surface area contributed by atoms with Gasteiger partial charge in [0.15, 0.2) is 0 Å². The number of hydrogen-bond acceptors (Lipinski definition) is 8. The number of carbonyl (C=O) groups is 1. The Kier molecular flexibility index (Phi) is 6.85. The molecule has 0 saturated carbocycles. The lowest BCUT2D eigenvalue weighted by molar-refractivity contribution is -0.130. The van der Waals surface area contributed by atoms with E-state index in [4.69, 9.17) is 25.8 Å². The molecule has 0 N–H and O–H groups in total. The number of likely N-dealkylation sites (tertiary alicyclic amines) is 1. The number of aromatic nitrogens is 1. The molecule has 2 aromatic rings. The van der Waals surface area contributed by atoms with Crippen molar-refractivity contribution in [2.45, 2.75) is 18.9 Å². The summed E-state index contributed by atoms with van der Waals surface area (Å²) in [6.07, 6.45) is 3.34. The van der Waals surface area contributed by atoms with Crippen molar-refractivity contribution >= 4 is 38.7 Å². The molecule has 178 valence electrons. The lowest BCUT2D eigenvalue weighted by Crippen LogP contribution is -2.32. The molecule has 11 heteroatoms. The molecular formula is C22H26ClN3O6S. The Morgan fingerprint density at radius 2 is 2.12 bits per heavy atom. The third kappa shape index (κ3) is 5.62. The number of carbonyl (C=O) groups excluding carboxylic acids is 1. The summed E-state index contributed by atoms with van der Waals surface area (Å²) in [5.74, 6) is 1.44. The van der Waals surface area contributed by atoms with E-state index >= 15 is 0 Å². The van der Waals surface area contributed by atoms with Crippen molar-refractivity contribution in [1.82, 2.24) is 9.88 Å². The molecule has 1 fully saturated rings. The van der Waals surface area contributed by atoms with Gasteiger partial charge in [-0.3, -0.25) is 4.79 Å². The number of hydrogen-bond donors (Lipinski definition) is 0. The van der Waals surface area contributed by atoms with E-state index in [1.807, 2.05) is 18.2 Å². The highest BCUT2D eigenvalue weighted by atomic mass is 35.5. The molecule has 33 heavy (non-hydrogen) atoms. The maximum Gasteiger partial charge on any atom is 0.232 e. The van der Waals surface area contributed by atoms with Crippen LogP contribution in [0.1, 0.15) is 12.8 Å². The van der Waals surface area contributed by atoms with Crippen molar-refractivity contribution in [2.75, 3.05) is 50.3 Å². The number of nitrogens with zero attached hydrogens (tertiary/aromatic N) is 3. The average Bonchev–Trinajstić information content (AvgIpc) is 3.25. The zero-order chi connectivity index (χ0) is 23.6. The molecule has 4 rings (SSSR count). The number of rotatable bonds is 7. The number of ether oxygens (including phenoxy) is 3. The molecule has 0 aliphatic carbocycles. The van der Waals surface area contributed by atoms with Gasteiger partial charge in [0.05, 0.1) is 43.5 Å². The standard InChI is InChI=1S/C22H26ClN3O6S/c1-30-22-18(23)11-15(13-24-22)26-8-9-31-20-4-3-16(12-19(20)26)32-17-5-7-25(14-17)21(27)6-10-33(2,28)29/h3-4,11-13,17H,5-10,14H2,1-2H3/t17-/m0/s1. The summed E-state index contributed by atoms with van der Waals surface area (Å²) >= 11 is 6.27. The Bertz CT molecular complexity index is 1140. The molecule has 2 aliphatic heterocycles. The zero-order valence-electron chi connectivity index (χ0n) is 18.5. The van der Waals surface area contributed by atoms with Crippen LogP contribution in [0.2, 0.25) is 5.02 Å². The average molecular weight is 496 g/mol. The molecule has 1 saturated heterocycles. The quantitative estimate of drug-likeness (QED) is 0.578. The number of sulfone groups is 1. The van der Waals surface area contributed by atoms with Gasteiger partial charge < -0.3 is 24.0 Å². The molecule has 2 aliphatic rings. The first-order valence-corrected chi connectivity index (χ1v) is 13.0. The van der Waals surface area contributed by atoms with Crippen molar-refractivity contribution in [3.05, 3.63) is 35.5 Å². The second-order valence-electron chi connectivity index (χ2n) is 8.06. The molecule has 1 amide bonds. The Morgan fingerprint density at radius 3 is 2.85 bits per heavy atom. The van der Waals surface area contributed by atoms with Gasteiger partial charge in [-0.25, -0.2) is 13.4 Å². The van der Waals surface area contributed by atoms with E-state index in [2.05, 4.69) is 9.88 Å². The van der Waals surface area contributed by atoms with Crippen LogP contribution in [0.3, 0.4) is 0 Å². The van der Waals surface area contributed by atoms with E-state index in [-0.39, 0.29) is 24.2 Å². The Labute approximate surface area is 198 Å². The first kappa shape index (κ1) is 23.4. The molecule has 3 heterocycles. The lowest BCUT2D eigenvalue weighted by Gasteiger charge is -2.31. The molecule has 0 unspecified atom stereocenters. The molecule has 1 aromatic carbocycles. The van der Waals surface area contributed by atoms with Crippen molar-refractivity contribution in [1.29, 1.82) is 0 Å². The number of anilines is 2. The summed E-state index contributed by atoms with van der Waals surface area (Å²) in [6, 6.07) is 7.41. The van der Waals surface area contributed by atoms with Gasteiger partial charge in [-0.1, -0.05) is 11.6 Å². The third-order valence-electron chi connectivity index (χ3n) is 5.58. The van der Waals surface area contributed by atoms with Crippen molar-refractivity contribution in [2.24, 2.45) is 0 Å². The minimum absolute atomic E-state index is 0.00481. The molecule has 1 aromatic heterocycles. The van der Waals surface area contributed by atoms with E-state index < -0.39 is 9.84 Å². The van der Waals surface area contributed by atoms with Crippen LogP contribution in [0.4, 0.5) is 11.4 Å². The van der Waals surface area contributed by atoms with Gasteiger partial charge in [0.2, 0.25) is 11.8 Å². The Morgan fingerprint density at radius 1 is 1.30 bits per heavy atom. The first-order valence-electron chi connectivity index (χ1n) is 10.6. The van der Waals surface area contributed by atoms with E-state index in [9.17, 15) is 13.2 Å². The number of benzene rings is 1. The van der Waals surface area contributed by atoms with E-state index in [0.29, 0.717) is 49.3 Å². The number of fused-ring (bicyclic) bond motifs is 1. The summed E-state index contributed by atoms with van der Waals surface area (Å²) in [5.41, 5.74) is 1.65.